The Labute approximate surface area is 277 Å². The monoisotopic (exact) mass is 610 g/mol. The van der Waals surface area contributed by atoms with E-state index in [9.17, 15) is 10.5 Å². The number of para-hydroxylation sites is 4. The Kier molecular flexibility index (Phi) is 6.22. The molecule has 0 fully saturated rings. The molecule has 2 aromatic heterocycles. The first-order valence-electron chi connectivity index (χ1n) is 15.9. The maximum atomic E-state index is 10.1. The van der Waals surface area contributed by atoms with Gasteiger partial charge in [-0.2, -0.15) is 10.5 Å². The molecule has 0 saturated carbocycles. The molecule has 2 heterocycles. The molecule has 0 saturated heterocycles. The molecule has 4 heteroatoms. The van der Waals surface area contributed by atoms with Gasteiger partial charge in [-0.25, -0.2) is 0 Å². The molecule has 9 aromatic rings. The van der Waals surface area contributed by atoms with Gasteiger partial charge in [-0.15, -0.1) is 0 Å². The fourth-order valence-electron chi connectivity index (χ4n) is 7.26. The Morgan fingerprint density at radius 3 is 1.67 bits per heavy atom. The van der Waals surface area contributed by atoms with E-state index >= 15 is 0 Å². The minimum absolute atomic E-state index is 0.580. The summed E-state index contributed by atoms with van der Waals surface area (Å²) in [4.78, 5) is 0. The molecule has 0 unspecified atom stereocenters. The third-order valence-electron chi connectivity index (χ3n) is 9.39. The van der Waals surface area contributed by atoms with Gasteiger partial charge in [0.05, 0.1) is 45.0 Å². The Hall–Kier alpha value is -6.88. The van der Waals surface area contributed by atoms with Gasteiger partial charge in [0.25, 0.3) is 0 Å². The molecule has 0 radical (unpaired) electrons. The van der Waals surface area contributed by atoms with Crippen molar-refractivity contribution in [3.63, 3.8) is 0 Å². The number of nitriles is 2. The van der Waals surface area contributed by atoms with Crippen LogP contribution in [0.25, 0.3) is 77.2 Å². The molecule has 0 N–H and O–H groups in total. The number of nitrogens with zero attached hydrogens (tertiary/aromatic N) is 4. The molecule has 0 aliphatic rings. The van der Waals surface area contributed by atoms with Crippen LogP contribution in [0.1, 0.15) is 11.1 Å². The predicted molar refractivity (Wildman–Crippen MR) is 195 cm³/mol. The highest BCUT2D eigenvalue weighted by Crippen LogP contribution is 2.39. The molecule has 222 valence electrons. The van der Waals surface area contributed by atoms with E-state index in [0.717, 1.165) is 55.4 Å². The van der Waals surface area contributed by atoms with Crippen molar-refractivity contribution in [2.24, 2.45) is 0 Å². The second-order valence-electron chi connectivity index (χ2n) is 12.0. The summed E-state index contributed by atoms with van der Waals surface area (Å²) in [7, 11) is 0. The van der Waals surface area contributed by atoms with Crippen LogP contribution in [0.5, 0.6) is 0 Å². The molecule has 0 spiro atoms. The van der Waals surface area contributed by atoms with Gasteiger partial charge >= 0.3 is 0 Å². The van der Waals surface area contributed by atoms with Gasteiger partial charge in [0.15, 0.2) is 0 Å². The smallest absolute Gasteiger partial charge is 0.101 e. The lowest BCUT2D eigenvalue weighted by atomic mass is 9.96. The predicted octanol–water partition coefficient (Wildman–Crippen LogP) is 11.0. The summed E-state index contributed by atoms with van der Waals surface area (Å²) >= 11 is 0. The van der Waals surface area contributed by atoms with Crippen molar-refractivity contribution in [2.75, 3.05) is 0 Å². The first-order chi connectivity index (χ1) is 23.7. The second kappa shape index (κ2) is 10.9. The maximum absolute atomic E-state index is 10.1. The number of fused-ring (bicyclic) bond motifs is 6. The van der Waals surface area contributed by atoms with Crippen molar-refractivity contribution >= 4 is 43.6 Å². The van der Waals surface area contributed by atoms with Crippen molar-refractivity contribution < 1.29 is 0 Å². The van der Waals surface area contributed by atoms with Crippen molar-refractivity contribution in [2.45, 2.75) is 0 Å². The second-order valence-corrected chi connectivity index (χ2v) is 12.0. The lowest BCUT2D eigenvalue weighted by Gasteiger charge is -2.16. The van der Waals surface area contributed by atoms with E-state index in [0.29, 0.717) is 11.1 Å². The van der Waals surface area contributed by atoms with E-state index < -0.39 is 0 Å². The molecule has 0 atom stereocenters. The Morgan fingerprint density at radius 1 is 0.417 bits per heavy atom. The van der Waals surface area contributed by atoms with E-state index in [2.05, 4.69) is 137 Å². The number of aromatic nitrogens is 2. The summed E-state index contributed by atoms with van der Waals surface area (Å²) in [5.74, 6) is 0. The minimum atomic E-state index is 0.580. The van der Waals surface area contributed by atoms with Gasteiger partial charge in [-0.3, -0.25) is 0 Å². The normalized spacial score (nSPS) is 11.3. The standard InChI is InChI=1S/C44H26N4/c45-27-29-19-24-43(48-42-18-6-3-14-37(42)38-15-8-11-33(28-46)44(38)48)39(25-29)32-10-7-9-31(26-32)30-20-22-34(23-21-30)47-40-16-4-1-12-35(40)36-13-2-5-17-41(36)47/h1-26H. The van der Waals surface area contributed by atoms with Crippen LogP contribution in [0.15, 0.2) is 158 Å². The van der Waals surface area contributed by atoms with Gasteiger partial charge in [-0.1, -0.05) is 97.1 Å². The molecule has 7 aromatic carbocycles. The van der Waals surface area contributed by atoms with Gasteiger partial charge in [0.1, 0.15) is 6.07 Å². The Balaban J connectivity index is 1.19. The van der Waals surface area contributed by atoms with Gasteiger partial charge < -0.3 is 9.13 Å². The molecule has 0 aliphatic carbocycles. The molecule has 0 bridgehead atoms. The highest BCUT2D eigenvalue weighted by Gasteiger charge is 2.19. The number of benzene rings is 7. The van der Waals surface area contributed by atoms with E-state index in [-0.39, 0.29) is 0 Å². The third-order valence-corrected chi connectivity index (χ3v) is 9.39. The third kappa shape index (κ3) is 4.14. The summed E-state index contributed by atoms with van der Waals surface area (Å²) in [5.41, 5.74) is 11.6. The fourth-order valence-corrected chi connectivity index (χ4v) is 7.26. The van der Waals surface area contributed by atoms with Crippen molar-refractivity contribution in [1.82, 2.24) is 9.13 Å². The van der Waals surface area contributed by atoms with Gasteiger partial charge in [0.2, 0.25) is 0 Å². The van der Waals surface area contributed by atoms with Crippen LogP contribution in [0.2, 0.25) is 0 Å². The van der Waals surface area contributed by atoms with Crippen LogP contribution < -0.4 is 0 Å². The zero-order valence-electron chi connectivity index (χ0n) is 25.8. The van der Waals surface area contributed by atoms with E-state index in [4.69, 9.17) is 0 Å². The first-order valence-corrected chi connectivity index (χ1v) is 15.9. The van der Waals surface area contributed by atoms with Crippen LogP contribution in [-0.4, -0.2) is 9.13 Å². The lowest BCUT2D eigenvalue weighted by Crippen LogP contribution is -1.99. The highest BCUT2D eigenvalue weighted by molar-refractivity contribution is 6.11. The zero-order chi connectivity index (χ0) is 32.2. The van der Waals surface area contributed by atoms with Crippen LogP contribution in [0.3, 0.4) is 0 Å². The molecule has 0 aliphatic heterocycles. The highest BCUT2D eigenvalue weighted by atomic mass is 15.0. The van der Waals surface area contributed by atoms with Crippen molar-refractivity contribution in [3.8, 4) is 45.8 Å². The average Bonchev–Trinajstić information content (AvgIpc) is 3.68. The summed E-state index contributed by atoms with van der Waals surface area (Å²) in [6.07, 6.45) is 0. The van der Waals surface area contributed by atoms with Gasteiger partial charge in [-0.05, 0) is 77.4 Å². The Bertz CT molecular complexity index is 2750. The summed E-state index contributed by atoms with van der Waals surface area (Å²) in [6.45, 7) is 0. The zero-order valence-corrected chi connectivity index (χ0v) is 25.8. The topological polar surface area (TPSA) is 57.4 Å². The molecule has 4 nitrogen and oxygen atoms in total. The average molecular weight is 611 g/mol. The number of hydrogen-bond donors (Lipinski definition) is 0. The molecule has 0 amide bonds. The maximum Gasteiger partial charge on any atom is 0.101 e. The van der Waals surface area contributed by atoms with Crippen LogP contribution >= 0.6 is 0 Å². The van der Waals surface area contributed by atoms with Crippen LogP contribution in [0.4, 0.5) is 0 Å². The SMILES string of the molecule is N#Cc1ccc(-n2c3ccccc3c3cccc(C#N)c32)c(-c2cccc(-c3ccc(-n4c5ccccc5c5ccccc54)cc3)c2)c1. The summed E-state index contributed by atoms with van der Waals surface area (Å²) in [6, 6.07) is 59.0. The molecule has 48 heavy (non-hydrogen) atoms. The van der Waals surface area contributed by atoms with Crippen molar-refractivity contribution in [1.29, 1.82) is 10.5 Å². The fraction of sp³-hybridized carbons (Fsp3) is 0. The minimum Gasteiger partial charge on any atom is -0.309 e. The van der Waals surface area contributed by atoms with Crippen LogP contribution in [0, 0.1) is 22.7 Å². The van der Waals surface area contributed by atoms with Crippen LogP contribution in [-0.2, 0) is 0 Å². The number of hydrogen-bond acceptors (Lipinski definition) is 2. The van der Waals surface area contributed by atoms with E-state index in [1.165, 1.54) is 21.8 Å². The van der Waals surface area contributed by atoms with Crippen molar-refractivity contribution in [3.05, 3.63) is 169 Å². The first kappa shape index (κ1) is 27.4. The quantitative estimate of drug-likeness (QED) is 0.199. The summed E-state index contributed by atoms with van der Waals surface area (Å²) < 4.78 is 4.50. The lowest BCUT2D eigenvalue weighted by molar-refractivity contribution is 1.17. The van der Waals surface area contributed by atoms with E-state index in [1.807, 2.05) is 42.5 Å². The largest absolute Gasteiger partial charge is 0.309 e. The Morgan fingerprint density at radius 2 is 1.00 bits per heavy atom. The molecular weight excluding hydrogens is 585 g/mol. The molecular formula is C44H26N4. The van der Waals surface area contributed by atoms with Gasteiger partial charge in [0, 0.05) is 32.8 Å². The summed E-state index contributed by atoms with van der Waals surface area (Å²) in [5, 5.41) is 24.7. The van der Waals surface area contributed by atoms with E-state index in [1.54, 1.807) is 0 Å². The molecule has 9 rings (SSSR count). The number of rotatable bonds is 4.